The molecule has 0 N–H and O–H groups in total. The quantitative estimate of drug-likeness (QED) is 0.533. The number of ketones is 1. The van der Waals surface area contributed by atoms with E-state index in [1.165, 1.54) is 0 Å². The van der Waals surface area contributed by atoms with Gasteiger partial charge in [-0.3, -0.25) is 4.79 Å². The molecule has 56 valence electrons. The van der Waals surface area contributed by atoms with Gasteiger partial charge in [0.2, 0.25) is 0 Å². The summed E-state index contributed by atoms with van der Waals surface area (Å²) in [6.45, 7) is 8.77. The summed E-state index contributed by atoms with van der Waals surface area (Å²) in [6.07, 6.45) is 5.08. The third kappa shape index (κ3) is 3.23. The highest BCUT2D eigenvalue weighted by atomic mass is 16.1. The molecule has 0 heterocycles. The fraction of sp³-hybridized carbons (Fsp3) is 0.444. The topological polar surface area (TPSA) is 17.1 Å². The first kappa shape index (κ1) is 9.15. The summed E-state index contributed by atoms with van der Waals surface area (Å²) in [5, 5.41) is 0. The Morgan fingerprint density at radius 3 is 2.00 bits per heavy atom. The van der Waals surface area contributed by atoms with Crippen LogP contribution in [0.25, 0.3) is 0 Å². The predicted molar refractivity (Wildman–Crippen MR) is 43.8 cm³/mol. The maximum Gasteiger partial charge on any atom is 0.133 e. The summed E-state index contributed by atoms with van der Waals surface area (Å²) in [4.78, 5) is 10.8. The van der Waals surface area contributed by atoms with E-state index in [2.05, 4.69) is 13.2 Å². The third-order valence-corrected chi connectivity index (χ3v) is 1.48. The van der Waals surface area contributed by atoms with E-state index in [4.69, 9.17) is 0 Å². The zero-order valence-electron chi connectivity index (χ0n) is 6.47. The predicted octanol–water partition coefficient (Wildman–Crippen LogP) is 2.34. The molecule has 0 saturated carbocycles. The van der Waals surface area contributed by atoms with Gasteiger partial charge in [-0.05, 0) is 19.8 Å². The van der Waals surface area contributed by atoms with Crippen molar-refractivity contribution in [1.29, 1.82) is 0 Å². The molecule has 0 rings (SSSR count). The second-order valence-electron chi connectivity index (χ2n) is 2.36. The Labute approximate surface area is 62.4 Å². The Hall–Kier alpha value is -0.850. The van der Waals surface area contributed by atoms with E-state index >= 15 is 0 Å². The number of carbonyl (C=O) groups excluding carboxylic acids is 1. The highest BCUT2D eigenvalue weighted by Crippen LogP contribution is 2.10. The van der Waals surface area contributed by atoms with Gasteiger partial charge in [-0.1, -0.05) is 12.2 Å². The standard InChI is InChI=1S/C9H14O/c1-4-6-9(7-5-2)8(3)10/h4-5,9H,1-2,6-7H2,3H3. The average molecular weight is 138 g/mol. The normalized spacial score (nSPS) is 9.40. The summed E-state index contributed by atoms with van der Waals surface area (Å²) in [5.41, 5.74) is 0. The minimum absolute atomic E-state index is 0.106. The molecule has 0 aromatic rings. The summed E-state index contributed by atoms with van der Waals surface area (Å²) in [7, 11) is 0. The van der Waals surface area contributed by atoms with Crippen molar-refractivity contribution in [2.24, 2.45) is 5.92 Å². The van der Waals surface area contributed by atoms with Gasteiger partial charge in [-0.15, -0.1) is 13.2 Å². The first-order chi connectivity index (χ1) is 4.72. The molecule has 0 aromatic heterocycles. The van der Waals surface area contributed by atoms with Crippen LogP contribution in [0.2, 0.25) is 0 Å². The molecular formula is C9H14O. The van der Waals surface area contributed by atoms with Crippen molar-refractivity contribution in [3.63, 3.8) is 0 Å². The Bertz CT molecular complexity index is 126. The van der Waals surface area contributed by atoms with Crippen LogP contribution in [0.5, 0.6) is 0 Å². The van der Waals surface area contributed by atoms with Crippen molar-refractivity contribution in [3.8, 4) is 0 Å². The lowest BCUT2D eigenvalue weighted by Gasteiger charge is -2.06. The molecular weight excluding hydrogens is 124 g/mol. The lowest BCUT2D eigenvalue weighted by Crippen LogP contribution is -2.08. The lowest BCUT2D eigenvalue weighted by atomic mass is 9.98. The van der Waals surface area contributed by atoms with Gasteiger partial charge in [0.1, 0.15) is 5.78 Å². The van der Waals surface area contributed by atoms with Gasteiger partial charge >= 0.3 is 0 Å². The molecule has 10 heavy (non-hydrogen) atoms. The maximum atomic E-state index is 10.8. The van der Waals surface area contributed by atoms with Crippen molar-refractivity contribution < 1.29 is 4.79 Å². The van der Waals surface area contributed by atoms with Crippen LogP contribution in [0.3, 0.4) is 0 Å². The number of hydrogen-bond acceptors (Lipinski definition) is 1. The molecule has 0 radical (unpaired) electrons. The van der Waals surface area contributed by atoms with Gasteiger partial charge in [0.25, 0.3) is 0 Å². The summed E-state index contributed by atoms with van der Waals surface area (Å²) in [6, 6.07) is 0. The van der Waals surface area contributed by atoms with Crippen molar-refractivity contribution in [2.75, 3.05) is 0 Å². The van der Waals surface area contributed by atoms with Gasteiger partial charge in [-0.25, -0.2) is 0 Å². The maximum absolute atomic E-state index is 10.8. The molecule has 1 nitrogen and oxygen atoms in total. The Morgan fingerprint density at radius 2 is 1.80 bits per heavy atom. The van der Waals surface area contributed by atoms with E-state index in [0.717, 1.165) is 12.8 Å². The molecule has 0 aliphatic heterocycles. The number of carbonyl (C=O) groups is 1. The van der Waals surface area contributed by atoms with Gasteiger partial charge < -0.3 is 0 Å². The van der Waals surface area contributed by atoms with Crippen molar-refractivity contribution in [2.45, 2.75) is 19.8 Å². The summed E-state index contributed by atoms with van der Waals surface area (Å²) >= 11 is 0. The van der Waals surface area contributed by atoms with E-state index in [-0.39, 0.29) is 11.7 Å². The fourth-order valence-electron chi connectivity index (χ4n) is 0.831. The Balaban J connectivity index is 3.83. The largest absolute Gasteiger partial charge is 0.300 e. The lowest BCUT2D eigenvalue weighted by molar-refractivity contribution is -0.120. The summed E-state index contributed by atoms with van der Waals surface area (Å²) in [5.74, 6) is 0.329. The van der Waals surface area contributed by atoms with E-state index < -0.39 is 0 Å². The molecule has 0 atom stereocenters. The average Bonchev–Trinajstić information content (AvgIpc) is 1.87. The van der Waals surface area contributed by atoms with Gasteiger partial charge in [0.15, 0.2) is 0 Å². The molecule has 0 unspecified atom stereocenters. The fourth-order valence-corrected chi connectivity index (χ4v) is 0.831. The van der Waals surface area contributed by atoms with Gasteiger partial charge in [-0.2, -0.15) is 0 Å². The molecule has 0 amide bonds. The number of hydrogen-bond donors (Lipinski definition) is 0. The highest BCUT2D eigenvalue weighted by Gasteiger charge is 2.08. The second-order valence-corrected chi connectivity index (χ2v) is 2.36. The van der Waals surface area contributed by atoms with Crippen LogP contribution in [-0.2, 0) is 4.79 Å². The van der Waals surface area contributed by atoms with Crippen molar-refractivity contribution in [3.05, 3.63) is 25.3 Å². The van der Waals surface area contributed by atoms with E-state index in [1.807, 2.05) is 0 Å². The van der Waals surface area contributed by atoms with Crippen LogP contribution in [0.1, 0.15) is 19.8 Å². The van der Waals surface area contributed by atoms with Crippen LogP contribution >= 0.6 is 0 Å². The van der Waals surface area contributed by atoms with Gasteiger partial charge in [0.05, 0.1) is 0 Å². The molecule has 0 aromatic carbocycles. The zero-order chi connectivity index (χ0) is 7.98. The molecule has 0 spiro atoms. The molecule has 1 heteroatoms. The number of allylic oxidation sites excluding steroid dienone is 2. The Kier molecular flexibility index (Phi) is 4.55. The van der Waals surface area contributed by atoms with Crippen LogP contribution in [-0.4, -0.2) is 5.78 Å². The van der Waals surface area contributed by atoms with E-state index in [9.17, 15) is 4.79 Å². The van der Waals surface area contributed by atoms with Crippen LogP contribution < -0.4 is 0 Å². The molecule has 0 aliphatic rings. The smallest absolute Gasteiger partial charge is 0.133 e. The third-order valence-electron chi connectivity index (χ3n) is 1.48. The highest BCUT2D eigenvalue weighted by molar-refractivity contribution is 5.78. The van der Waals surface area contributed by atoms with Crippen LogP contribution in [0, 0.1) is 5.92 Å². The van der Waals surface area contributed by atoms with E-state index in [0.29, 0.717) is 0 Å². The van der Waals surface area contributed by atoms with Crippen LogP contribution in [0.4, 0.5) is 0 Å². The summed E-state index contributed by atoms with van der Waals surface area (Å²) < 4.78 is 0. The first-order valence-electron chi connectivity index (χ1n) is 3.44. The molecule has 0 aliphatic carbocycles. The minimum atomic E-state index is 0.106. The number of Topliss-reactive ketones (excluding diaryl/α,β-unsaturated/α-hetero) is 1. The zero-order valence-corrected chi connectivity index (χ0v) is 6.47. The second kappa shape index (κ2) is 4.98. The van der Waals surface area contributed by atoms with E-state index in [1.54, 1.807) is 19.1 Å². The monoisotopic (exact) mass is 138 g/mol. The SMILES string of the molecule is C=CCC(CC=C)C(C)=O. The first-order valence-corrected chi connectivity index (χ1v) is 3.44. The van der Waals surface area contributed by atoms with Crippen molar-refractivity contribution in [1.82, 2.24) is 0 Å². The number of rotatable bonds is 5. The van der Waals surface area contributed by atoms with Crippen molar-refractivity contribution >= 4 is 5.78 Å². The minimum Gasteiger partial charge on any atom is -0.300 e. The van der Waals surface area contributed by atoms with Crippen LogP contribution in [0.15, 0.2) is 25.3 Å². The molecule has 0 bridgehead atoms. The Morgan fingerprint density at radius 1 is 1.40 bits per heavy atom. The molecule has 0 saturated heterocycles. The van der Waals surface area contributed by atoms with Gasteiger partial charge in [0, 0.05) is 5.92 Å². The molecule has 0 fully saturated rings.